The van der Waals surface area contributed by atoms with Crippen LogP contribution in [0.25, 0.3) is 0 Å². The highest BCUT2D eigenvalue weighted by molar-refractivity contribution is 4.51. The van der Waals surface area contributed by atoms with Crippen LogP contribution in [0.3, 0.4) is 0 Å². The fourth-order valence-corrected chi connectivity index (χ4v) is 2.50. The van der Waals surface area contributed by atoms with Crippen LogP contribution in [0, 0.1) is 0 Å². The standard InChI is InChI=1S/C18H43N3.3BrH/c1-20(2,3)17-13-9-7-11-15-19-16-12-8-10-14-18-21(4,5)6;;;/h19H,7-18H2,1-6H3;3*1H/q+2;;;/p-3. The van der Waals surface area contributed by atoms with E-state index in [1.54, 1.807) is 0 Å². The van der Waals surface area contributed by atoms with Crippen LogP contribution in [0.2, 0.25) is 0 Å². The summed E-state index contributed by atoms with van der Waals surface area (Å²) in [4.78, 5) is 0. The van der Waals surface area contributed by atoms with Crippen LogP contribution >= 0.6 is 0 Å². The first-order valence-electron chi connectivity index (χ1n) is 9.02. The quantitative estimate of drug-likeness (QED) is 0.171. The van der Waals surface area contributed by atoms with Gasteiger partial charge in [-0.3, -0.25) is 0 Å². The number of hydrogen-bond acceptors (Lipinski definition) is 1. The van der Waals surface area contributed by atoms with E-state index in [-0.39, 0.29) is 50.9 Å². The Bertz CT molecular complexity index is 215. The van der Waals surface area contributed by atoms with Gasteiger partial charge >= 0.3 is 0 Å². The third-order valence-electron chi connectivity index (χ3n) is 3.86. The first-order chi connectivity index (χ1) is 9.71. The van der Waals surface area contributed by atoms with Gasteiger partial charge in [-0.25, -0.2) is 0 Å². The zero-order chi connectivity index (χ0) is 16.2. The SMILES string of the molecule is C[N+](C)(C)CCCCCCNCCCCCC[N+](C)(C)C.[Br-].[Br-].[Br-]. The molecule has 0 aromatic heterocycles. The second-order valence-electron chi connectivity index (χ2n) is 8.61. The van der Waals surface area contributed by atoms with Crippen LogP contribution < -0.4 is 56.3 Å². The minimum absolute atomic E-state index is 0. The summed E-state index contributed by atoms with van der Waals surface area (Å²) in [6.45, 7) is 5.04. The van der Waals surface area contributed by atoms with E-state index in [0.717, 1.165) is 8.97 Å². The zero-order valence-electron chi connectivity index (χ0n) is 17.0. The molecule has 0 bridgehead atoms. The van der Waals surface area contributed by atoms with E-state index in [2.05, 4.69) is 47.6 Å². The molecule has 6 heteroatoms. The van der Waals surface area contributed by atoms with Gasteiger partial charge in [-0.15, -0.1) is 0 Å². The highest BCUT2D eigenvalue weighted by atomic mass is 79.9. The Morgan fingerprint density at radius 1 is 0.458 bits per heavy atom. The summed E-state index contributed by atoms with van der Waals surface area (Å²) in [6.07, 6.45) is 11.0. The van der Waals surface area contributed by atoms with Crippen LogP contribution in [0.15, 0.2) is 0 Å². The summed E-state index contributed by atoms with van der Waals surface area (Å²) >= 11 is 0. The van der Waals surface area contributed by atoms with Gasteiger partial charge in [0.15, 0.2) is 0 Å². The molecule has 0 atom stereocenters. The lowest BCUT2D eigenvalue weighted by molar-refractivity contribution is -0.870. The van der Waals surface area contributed by atoms with Gasteiger partial charge in [0.05, 0.1) is 55.4 Å². The van der Waals surface area contributed by atoms with Crippen molar-refractivity contribution in [3.8, 4) is 0 Å². The maximum Gasteiger partial charge on any atom is 0.0780 e. The molecule has 0 saturated carbocycles. The minimum Gasteiger partial charge on any atom is -1.00 e. The van der Waals surface area contributed by atoms with Gasteiger partial charge in [0, 0.05) is 0 Å². The molecule has 3 nitrogen and oxygen atoms in total. The van der Waals surface area contributed by atoms with E-state index in [0.29, 0.717) is 0 Å². The van der Waals surface area contributed by atoms with Crippen molar-refractivity contribution >= 4 is 0 Å². The molecule has 0 aliphatic carbocycles. The summed E-state index contributed by atoms with van der Waals surface area (Å²) < 4.78 is 2.21. The normalized spacial score (nSPS) is 11.2. The molecule has 0 saturated heterocycles. The summed E-state index contributed by atoms with van der Waals surface area (Å²) in [5.74, 6) is 0. The monoisotopic (exact) mass is 538 g/mol. The van der Waals surface area contributed by atoms with E-state index < -0.39 is 0 Å². The predicted molar refractivity (Wildman–Crippen MR) is 95.6 cm³/mol. The lowest BCUT2D eigenvalue weighted by Crippen LogP contribution is -3.00. The number of halogens is 3. The molecule has 1 N–H and O–H groups in total. The van der Waals surface area contributed by atoms with Crippen molar-refractivity contribution in [2.75, 3.05) is 68.5 Å². The molecule has 0 heterocycles. The lowest BCUT2D eigenvalue weighted by Gasteiger charge is -2.23. The third kappa shape index (κ3) is 31.1. The van der Waals surface area contributed by atoms with E-state index >= 15 is 0 Å². The molecule has 0 radical (unpaired) electrons. The fourth-order valence-electron chi connectivity index (χ4n) is 2.50. The number of rotatable bonds is 14. The molecule has 0 spiro atoms. The highest BCUT2D eigenvalue weighted by Gasteiger charge is 2.05. The Labute approximate surface area is 184 Å². The van der Waals surface area contributed by atoms with Crippen LogP contribution in [0.1, 0.15) is 51.4 Å². The summed E-state index contributed by atoms with van der Waals surface area (Å²) in [5, 5.41) is 3.59. The molecular formula is C18H43Br3N3-. The summed E-state index contributed by atoms with van der Waals surface area (Å²) in [7, 11) is 13.7. The average Bonchev–Trinajstić information content (AvgIpc) is 2.32. The average molecular weight is 541 g/mol. The van der Waals surface area contributed by atoms with Gasteiger partial charge in [-0.2, -0.15) is 0 Å². The van der Waals surface area contributed by atoms with E-state index in [9.17, 15) is 0 Å². The number of nitrogens with one attached hydrogen (secondary N) is 1. The number of nitrogens with zero attached hydrogens (tertiary/aromatic N) is 2. The maximum absolute atomic E-state index is 3.59. The van der Waals surface area contributed by atoms with Gasteiger partial charge in [-0.05, 0) is 51.6 Å². The number of quaternary nitrogens is 2. The number of hydrogen-bond donors (Lipinski definition) is 1. The molecule has 0 fully saturated rings. The van der Waals surface area contributed by atoms with Crippen molar-refractivity contribution in [3.05, 3.63) is 0 Å². The van der Waals surface area contributed by atoms with Crippen molar-refractivity contribution in [1.29, 1.82) is 0 Å². The van der Waals surface area contributed by atoms with Crippen molar-refractivity contribution in [2.45, 2.75) is 51.4 Å². The molecule has 152 valence electrons. The highest BCUT2D eigenvalue weighted by Crippen LogP contribution is 2.04. The Balaban J connectivity index is -0.000000667. The minimum atomic E-state index is 0. The predicted octanol–water partition coefficient (Wildman–Crippen LogP) is -5.88. The first kappa shape index (κ1) is 32.9. The lowest BCUT2D eigenvalue weighted by atomic mass is 10.1. The number of unbranched alkanes of at least 4 members (excludes halogenated alkanes) is 6. The smallest absolute Gasteiger partial charge is 0.0780 e. The molecule has 24 heavy (non-hydrogen) atoms. The van der Waals surface area contributed by atoms with Crippen molar-refractivity contribution in [1.82, 2.24) is 5.32 Å². The zero-order valence-corrected chi connectivity index (χ0v) is 21.8. The molecule has 0 aliphatic rings. The molecule has 0 unspecified atom stereocenters. The van der Waals surface area contributed by atoms with Crippen molar-refractivity contribution in [3.63, 3.8) is 0 Å². The van der Waals surface area contributed by atoms with Gasteiger partial charge < -0.3 is 65.2 Å². The Hall–Kier alpha value is 1.32. The van der Waals surface area contributed by atoms with E-state index in [1.165, 1.54) is 77.5 Å². The van der Waals surface area contributed by atoms with Crippen LogP contribution in [0.5, 0.6) is 0 Å². The van der Waals surface area contributed by atoms with Crippen LogP contribution in [-0.4, -0.2) is 77.4 Å². The van der Waals surface area contributed by atoms with Crippen molar-refractivity contribution in [2.24, 2.45) is 0 Å². The molecular weight excluding hydrogens is 498 g/mol. The van der Waals surface area contributed by atoms with E-state index in [1.807, 2.05) is 0 Å². The first-order valence-corrected chi connectivity index (χ1v) is 9.02. The molecule has 0 rings (SSSR count). The fraction of sp³-hybridized carbons (Fsp3) is 1.00. The van der Waals surface area contributed by atoms with E-state index in [4.69, 9.17) is 0 Å². The largest absolute Gasteiger partial charge is 1.00 e. The molecule has 0 amide bonds. The molecule has 0 aliphatic heterocycles. The second-order valence-corrected chi connectivity index (χ2v) is 8.61. The van der Waals surface area contributed by atoms with Gasteiger partial charge in [0.1, 0.15) is 0 Å². The Kier molecular flexibility index (Phi) is 26.2. The van der Waals surface area contributed by atoms with Crippen LogP contribution in [0.4, 0.5) is 0 Å². The van der Waals surface area contributed by atoms with Gasteiger partial charge in [0.2, 0.25) is 0 Å². The Morgan fingerprint density at radius 2 is 0.750 bits per heavy atom. The topological polar surface area (TPSA) is 12.0 Å². The third-order valence-corrected chi connectivity index (χ3v) is 3.86. The Morgan fingerprint density at radius 3 is 1.04 bits per heavy atom. The van der Waals surface area contributed by atoms with Gasteiger partial charge in [0.25, 0.3) is 0 Å². The maximum atomic E-state index is 3.59. The summed E-state index contributed by atoms with van der Waals surface area (Å²) in [6, 6.07) is 0. The molecule has 0 aromatic carbocycles. The molecule has 0 aromatic rings. The second kappa shape index (κ2) is 19.1. The van der Waals surface area contributed by atoms with Crippen LogP contribution in [-0.2, 0) is 0 Å². The van der Waals surface area contributed by atoms with Gasteiger partial charge in [-0.1, -0.05) is 12.8 Å². The summed E-state index contributed by atoms with van der Waals surface area (Å²) in [5.41, 5.74) is 0. The van der Waals surface area contributed by atoms with Crippen molar-refractivity contribution < 1.29 is 59.9 Å².